The Labute approximate surface area is 104 Å². The van der Waals surface area contributed by atoms with Gasteiger partial charge in [-0.05, 0) is 37.4 Å². The van der Waals surface area contributed by atoms with Gasteiger partial charge < -0.3 is 10.2 Å². The van der Waals surface area contributed by atoms with Gasteiger partial charge >= 0.3 is 0 Å². The maximum Gasteiger partial charge on any atom is 0.0104 e. The van der Waals surface area contributed by atoms with Gasteiger partial charge in [-0.25, -0.2) is 0 Å². The van der Waals surface area contributed by atoms with E-state index in [0.29, 0.717) is 0 Å². The Morgan fingerprint density at radius 1 is 1.38 bits per heavy atom. The molecule has 0 saturated carbocycles. The maximum absolute atomic E-state index is 3.47. The SMILES string of the molecule is CC(C)CNCCN(C)CCc1cccs1. The second-order valence-corrected chi connectivity index (χ2v) is 5.76. The summed E-state index contributed by atoms with van der Waals surface area (Å²) >= 11 is 1.85. The number of thiophene rings is 1. The first kappa shape index (κ1) is 13.7. The number of hydrogen-bond acceptors (Lipinski definition) is 3. The molecule has 2 nitrogen and oxygen atoms in total. The molecule has 0 fully saturated rings. The minimum atomic E-state index is 0.747. The molecular formula is C13H24N2S. The van der Waals surface area contributed by atoms with E-state index in [-0.39, 0.29) is 0 Å². The molecule has 0 unspecified atom stereocenters. The first-order chi connectivity index (χ1) is 7.68. The summed E-state index contributed by atoms with van der Waals surface area (Å²) in [6.07, 6.45) is 1.18. The lowest BCUT2D eigenvalue weighted by Gasteiger charge is -2.16. The molecule has 16 heavy (non-hydrogen) atoms. The molecule has 0 radical (unpaired) electrons. The molecule has 1 rings (SSSR count). The lowest BCUT2D eigenvalue weighted by atomic mass is 10.2. The van der Waals surface area contributed by atoms with Crippen LogP contribution in [-0.4, -0.2) is 38.1 Å². The fourth-order valence-corrected chi connectivity index (χ4v) is 2.23. The maximum atomic E-state index is 3.47. The van der Waals surface area contributed by atoms with Crippen molar-refractivity contribution < 1.29 is 0 Å². The van der Waals surface area contributed by atoms with Crippen LogP contribution in [0.2, 0.25) is 0 Å². The van der Waals surface area contributed by atoms with Crippen molar-refractivity contribution in [1.29, 1.82) is 0 Å². The highest BCUT2D eigenvalue weighted by molar-refractivity contribution is 7.09. The summed E-state index contributed by atoms with van der Waals surface area (Å²) in [7, 11) is 2.20. The second-order valence-electron chi connectivity index (χ2n) is 4.73. The van der Waals surface area contributed by atoms with E-state index in [2.05, 4.69) is 48.6 Å². The summed E-state index contributed by atoms with van der Waals surface area (Å²) in [5, 5.41) is 5.62. The Morgan fingerprint density at radius 3 is 2.81 bits per heavy atom. The molecule has 1 N–H and O–H groups in total. The average molecular weight is 240 g/mol. The standard InChI is InChI=1S/C13H24N2S/c1-12(2)11-14-7-9-15(3)8-6-13-5-4-10-16-13/h4-5,10,12,14H,6-9,11H2,1-3H3. The molecule has 0 aromatic carbocycles. The Balaban J connectivity index is 2.00. The third-order valence-corrected chi connectivity index (χ3v) is 3.48. The van der Waals surface area contributed by atoms with Crippen LogP contribution in [0.1, 0.15) is 18.7 Å². The highest BCUT2D eigenvalue weighted by atomic mass is 32.1. The van der Waals surface area contributed by atoms with Crippen LogP contribution >= 0.6 is 11.3 Å². The molecule has 0 saturated heterocycles. The number of hydrogen-bond donors (Lipinski definition) is 1. The molecule has 0 bridgehead atoms. The molecular weight excluding hydrogens is 216 g/mol. The van der Waals surface area contributed by atoms with E-state index >= 15 is 0 Å². The van der Waals surface area contributed by atoms with E-state index in [9.17, 15) is 0 Å². The van der Waals surface area contributed by atoms with Crippen LogP contribution in [0.25, 0.3) is 0 Å². The molecule has 1 heterocycles. The molecule has 0 amide bonds. The quantitative estimate of drug-likeness (QED) is 0.702. The summed E-state index contributed by atoms with van der Waals surface area (Å²) in [5.74, 6) is 0.747. The fraction of sp³-hybridized carbons (Fsp3) is 0.692. The Hall–Kier alpha value is -0.380. The lowest BCUT2D eigenvalue weighted by Crippen LogP contribution is -2.32. The van der Waals surface area contributed by atoms with Crippen LogP contribution in [-0.2, 0) is 6.42 Å². The zero-order chi connectivity index (χ0) is 11.8. The van der Waals surface area contributed by atoms with Crippen molar-refractivity contribution in [3.8, 4) is 0 Å². The topological polar surface area (TPSA) is 15.3 Å². The number of likely N-dealkylation sites (N-methyl/N-ethyl adjacent to an activating group) is 1. The smallest absolute Gasteiger partial charge is 0.0104 e. The van der Waals surface area contributed by atoms with Gasteiger partial charge in [0.25, 0.3) is 0 Å². The second kappa shape index (κ2) is 7.82. The van der Waals surface area contributed by atoms with Crippen LogP contribution in [0.3, 0.4) is 0 Å². The zero-order valence-electron chi connectivity index (χ0n) is 10.7. The van der Waals surface area contributed by atoms with Crippen molar-refractivity contribution in [2.24, 2.45) is 5.92 Å². The third-order valence-electron chi connectivity index (χ3n) is 2.54. The largest absolute Gasteiger partial charge is 0.315 e. The molecule has 3 heteroatoms. The van der Waals surface area contributed by atoms with Gasteiger partial charge in [0, 0.05) is 24.5 Å². The molecule has 0 spiro atoms. The fourth-order valence-electron chi connectivity index (χ4n) is 1.53. The highest BCUT2D eigenvalue weighted by Gasteiger charge is 2.00. The molecule has 0 aliphatic carbocycles. The monoisotopic (exact) mass is 240 g/mol. The van der Waals surface area contributed by atoms with Crippen LogP contribution in [0, 0.1) is 5.92 Å². The average Bonchev–Trinajstić information content (AvgIpc) is 2.74. The number of nitrogens with one attached hydrogen (secondary N) is 1. The Kier molecular flexibility index (Phi) is 6.69. The predicted molar refractivity (Wildman–Crippen MR) is 73.2 cm³/mol. The van der Waals surface area contributed by atoms with E-state index < -0.39 is 0 Å². The lowest BCUT2D eigenvalue weighted by molar-refractivity contribution is 0.333. The third kappa shape index (κ3) is 6.26. The summed E-state index contributed by atoms with van der Waals surface area (Å²) in [6, 6.07) is 4.35. The van der Waals surface area contributed by atoms with Crippen LogP contribution < -0.4 is 5.32 Å². The van der Waals surface area contributed by atoms with Gasteiger partial charge in [-0.2, -0.15) is 0 Å². The molecule has 1 aromatic rings. The van der Waals surface area contributed by atoms with E-state index in [0.717, 1.165) is 32.1 Å². The van der Waals surface area contributed by atoms with Crippen LogP contribution in [0.5, 0.6) is 0 Å². The predicted octanol–water partition coefficient (Wildman–Crippen LogP) is 2.47. The van der Waals surface area contributed by atoms with Crippen molar-refractivity contribution in [2.75, 3.05) is 33.2 Å². The van der Waals surface area contributed by atoms with Gasteiger partial charge in [0.2, 0.25) is 0 Å². The number of rotatable bonds is 8. The first-order valence-electron chi connectivity index (χ1n) is 6.10. The Morgan fingerprint density at radius 2 is 2.19 bits per heavy atom. The van der Waals surface area contributed by atoms with Gasteiger partial charge in [-0.15, -0.1) is 11.3 Å². The van der Waals surface area contributed by atoms with E-state index in [1.165, 1.54) is 11.3 Å². The number of nitrogens with zero attached hydrogens (tertiary/aromatic N) is 1. The van der Waals surface area contributed by atoms with Gasteiger partial charge in [0.1, 0.15) is 0 Å². The first-order valence-corrected chi connectivity index (χ1v) is 6.98. The zero-order valence-corrected chi connectivity index (χ0v) is 11.5. The molecule has 0 atom stereocenters. The molecule has 0 aliphatic heterocycles. The highest BCUT2D eigenvalue weighted by Crippen LogP contribution is 2.09. The van der Waals surface area contributed by atoms with E-state index in [4.69, 9.17) is 0 Å². The van der Waals surface area contributed by atoms with Crippen molar-refractivity contribution in [3.05, 3.63) is 22.4 Å². The minimum absolute atomic E-state index is 0.747. The Bertz CT molecular complexity index is 257. The van der Waals surface area contributed by atoms with Gasteiger partial charge in [-0.3, -0.25) is 0 Å². The summed E-state index contributed by atoms with van der Waals surface area (Å²) in [4.78, 5) is 3.88. The van der Waals surface area contributed by atoms with Crippen molar-refractivity contribution >= 4 is 11.3 Å². The van der Waals surface area contributed by atoms with Crippen molar-refractivity contribution in [3.63, 3.8) is 0 Å². The van der Waals surface area contributed by atoms with Crippen LogP contribution in [0.15, 0.2) is 17.5 Å². The minimum Gasteiger partial charge on any atom is -0.315 e. The van der Waals surface area contributed by atoms with Gasteiger partial charge in [-0.1, -0.05) is 19.9 Å². The van der Waals surface area contributed by atoms with Crippen molar-refractivity contribution in [2.45, 2.75) is 20.3 Å². The van der Waals surface area contributed by atoms with Crippen LogP contribution in [0.4, 0.5) is 0 Å². The van der Waals surface area contributed by atoms with E-state index in [1.54, 1.807) is 0 Å². The summed E-state index contributed by atoms with van der Waals surface area (Å²) in [5.41, 5.74) is 0. The summed E-state index contributed by atoms with van der Waals surface area (Å²) in [6.45, 7) is 9.00. The van der Waals surface area contributed by atoms with E-state index in [1.807, 2.05) is 11.3 Å². The molecule has 1 aromatic heterocycles. The normalized spacial score (nSPS) is 11.6. The van der Waals surface area contributed by atoms with Gasteiger partial charge in [0.15, 0.2) is 0 Å². The molecule has 92 valence electrons. The van der Waals surface area contributed by atoms with Gasteiger partial charge in [0.05, 0.1) is 0 Å². The van der Waals surface area contributed by atoms with Crippen molar-refractivity contribution in [1.82, 2.24) is 10.2 Å². The molecule has 0 aliphatic rings. The summed E-state index contributed by atoms with van der Waals surface area (Å²) < 4.78 is 0.